The Morgan fingerprint density at radius 3 is 2.83 bits per heavy atom. The first kappa shape index (κ1) is 16.4. The second-order valence-corrected chi connectivity index (χ2v) is 6.58. The Morgan fingerprint density at radius 1 is 1.25 bits per heavy atom. The minimum absolute atomic E-state index is 0.152. The van der Waals surface area contributed by atoms with Gasteiger partial charge in [-0.3, -0.25) is 0 Å². The van der Waals surface area contributed by atoms with Crippen molar-refractivity contribution in [2.45, 2.75) is 45.4 Å². The predicted octanol–water partition coefficient (Wildman–Crippen LogP) is 3.64. The van der Waals surface area contributed by atoms with Gasteiger partial charge in [-0.05, 0) is 39.0 Å². The molecule has 3 rings (SSSR count). The van der Waals surface area contributed by atoms with Crippen LogP contribution in [0.2, 0.25) is 0 Å². The van der Waals surface area contributed by atoms with Crippen LogP contribution in [0.1, 0.15) is 44.6 Å². The molecule has 1 unspecified atom stereocenters. The number of aliphatic imine (C=N–C) groups is 1. The van der Waals surface area contributed by atoms with Crippen molar-refractivity contribution in [3.8, 4) is 5.75 Å². The fourth-order valence-corrected chi connectivity index (χ4v) is 2.98. The summed E-state index contributed by atoms with van der Waals surface area (Å²) in [5, 5.41) is 6.86. The largest absolute Gasteiger partial charge is 0.487 e. The van der Waals surface area contributed by atoms with Gasteiger partial charge in [-0.1, -0.05) is 18.2 Å². The third-order valence-electron chi connectivity index (χ3n) is 4.00. The van der Waals surface area contributed by atoms with Crippen LogP contribution in [-0.4, -0.2) is 18.1 Å². The van der Waals surface area contributed by atoms with Crippen molar-refractivity contribution in [2.75, 3.05) is 6.54 Å². The molecule has 0 amide bonds. The first-order chi connectivity index (χ1) is 11.6. The molecule has 1 aromatic heterocycles. The summed E-state index contributed by atoms with van der Waals surface area (Å²) in [6.45, 7) is 7.61. The fraction of sp³-hybridized carbons (Fsp3) is 0.421. The van der Waals surface area contributed by atoms with Gasteiger partial charge in [0.15, 0.2) is 5.96 Å². The van der Waals surface area contributed by atoms with Crippen molar-refractivity contribution in [1.29, 1.82) is 0 Å². The van der Waals surface area contributed by atoms with E-state index in [4.69, 9.17) is 9.15 Å². The maximum Gasteiger partial charge on any atom is 0.192 e. The van der Waals surface area contributed by atoms with Crippen molar-refractivity contribution < 1.29 is 9.15 Å². The summed E-state index contributed by atoms with van der Waals surface area (Å²) < 4.78 is 11.5. The smallest absolute Gasteiger partial charge is 0.192 e. The van der Waals surface area contributed by atoms with Gasteiger partial charge in [0.1, 0.15) is 23.7 Å². The normalized spacial score (nSPS) is 19.3. The van der Waals surface area contributed by atoms with Crippen molar-refractivity contribution in [1.82, 2.24) is 10.6 Å². The first-order valence-corrected chi connectivity index (χ1v) is 8.42. The summed E-state index contributed by atoms with van der Waals surface area (Å²) in [6.07, 6.45) is 2.54. The maximum absolute atomic E-state index is 6.09. The summed E-state index contributed by atoms with van der Waals surface area (Å²) in [5.41, 5.74) is 0.949. The molecule has 1 atom stereocenters. The first-order valence-electron chi connectivity index (χ1n) is 8.42. The third kappa shape index (κ3) is 3.91. The van der Waals surface area contributed by atoms with Gasteiger partial charge in [0.25, 0.3) is 0 Å². The number of furan rings is 1. The Balaban J connectivity index is 1.80. The van der Waals surface area contributed by atoms with E-state index < -0.39 is 0 Å². The molecule has 0 aliphatic carbocycles. The molecule has 0 saturated carbocycles. The molecular formula is C19H25N3O2. The zero-order valence-corrected chi connectivity index (χ0v) is 14.5. The second-order valence-electron chi connectivity index (χ2n) is 6.58. The van der Waals surface area contributed by atoms with E-state index in [-0.39, 0.29) is 11.6 Å². The van der Waals surface area contributed by atoms with Crippen molar-refractivity contribution >= 4 is 5.96 Å². The summed E-state index contributed by atoms with van der Waals surface area (Å²) in [7, 11) is 0. The molecule has 128 valence electrons. The van der Waals surface area contributed by atoms with E-state index in [1.807, 2.05) is 30.3 Å². The Kier molecular flexibility index (Phi) is 4.79. The molecule has 0 saturated heterocycles. The van der Waals surface area contributed by atoms with Crippen molar-refractivity contribution in [2.24, 2.45) is 4.99 Å². The number of benzene rings is 1. The van der Waals surface area contributed by atoms with E-state index in [0.717, 1.165) is 30.4 Å². The van der Waals surface area contributed by atoms with Gasteiger partial charge in [0.05, 0.1) is 12.3 Å². The van der Waals surface area contributed by atoms with E-state index in [9.17, 15) is 0 Å². The van der Waals surface area contributed by atoms with Gasteiger partial charge in [-0.15, -0.1) is 0 Å². The highest BCUT2D eigenvalue weighted by molar-refractivity contribution is 5.80. The van der Waals surface area contributed by atoms with Crippen LogP contribution in [0.3, 0.4) is 0 Å². The number of nitrogens with zero attached hydrogens (tertiary/aromatic N) is 1. The topological polar surface area (TPSA) is 58.8 Å². The van der Waals surface area contributed by atoms with E-state index in [2.05, 4.69) is 42.5 Å². The van der Waals surface area contributed by atoms with Crippen molar-refractivity contribution in [3.63, 3.8) is 0 Å². The van der Waals surface area contributed by atoms with Crippen LogP contribution in [0, 0.1) is 0 Å². The summed E-state index contributed by atoms with van der Waals surface area (Å²) in [5.74, 6) is 2.57. The van der Waals surface area contributed by atoms with Crippen molar-refractivity contribution in [3.05, 3.63) is 54.0 Å². The Labute approximate surface area is 143 Å². The Bertz CT molecular complexity index is 692. The minimum atomic E-state index is -0.218. The molecule has 0 radical (unpaired) electrons. The van der Waals surface area contributed by atoms with Gasteiger partial charge in [-0.25, -0.2) is 4.99 Å². The number of hydrogen-bond acceptors (Lipinski definition) is 3. The lowest BCUT2D eigenvalue weighted by atomic mass is 9.90. The number of ether oxygens (including phenoxy) is 1. The molecular weight excluding hydrogens is 302 g/mol. The van der Waals surface area contributed by atoms with Gasteiger partial charge in [-0.2, -0.15) is 0 Å². The highest BCUT2D eigenvalue weighted by Crippen LogP contribution is 2.39. The zero-order valence-electron chi connectivity index (χ0n) is 14.5. The third-order valence-corrected chi connectivity index (χ3v) is 4.00. The molecule has 0 bridgehead atoms. The number of rotatable bonds is 4. The standard InChI is InChI=1S/C19H25N3O2/c1-4-20-18(21-13-14-8-7-11-23-14)22-16-12-19(2,3)24-17-10-6-5-9-15(16)17/h5-11,16H,4,12-13H2,1-3H3,(H2,20,21,22). The van der Waals surface area contributed by atoms with Crippen LogP contribution in [0.25, 0.3) is 0 Å². The van der Waals surface area contributed by atoms with Gasteiger partial charge < -0.3 is 19.8 Å². The molecule has 2 N–H and O–H groups in total. The van der Waals surface area contributed by atoms with E-state index in [1.54, 1.807) is 6.26 Å². The highest BCUT2D eigenvalue weighted by Gasteiger charge is 2.33. The van der Waals surface area contributed by atoms with Gasteiger partial charge in [0, 0.05) is 18.5 Å². The van der Waals surface area contributed by atoms with Crippen LogP contribution in [-0.2, 0) is 6.54 Å². The molecule has 1 aromatic carbocycles. The monoisotopic (exact) mass is 327 g/mol. The van der Waals surface area contributed by atoms with Crippen LogP contribution >= 0.6 is 0 Å². The molecule has 0 fully saturated rings. The Hall–Kier alpha value is -2.43. The quantitative estimate of drug-likeness (QED) is 0.665. The maximum atomic E-state index is 6.09. The van der Waals surface area contributed by atoms with Gasteiger partial charge >= 0.3 is 0 Å². The summed E-state index contributed by atoms with van der Waals surface area (Å²) in [4.78, 5) is 4.63. The molecule has 2 heterocycles. The average Bonchev–Trinajstić information content (AvgIpc) is 3.05. The van der Waals surface area contributed by atoms with Crippen LogP contribution in [0.5, 0.6) is 5.75 Å². The van der Waals surface area contributed by atoms with E-state index >= 15 is 0 Å². The molecule has 5 nitrogen and oxygen atoms in total. The number of fused-ring (bicyclic) bond motifs is 1. The number of hydrogen-bond donors (Lipinski definition) is 2. The average molecular weight is 327 g/mol. The predicted molar refractivity (Wildman–Crippen MR) is 95.2 cm³/mol. The lowest BCUT2D eigenvalue weighted by molar-refractivity contribution is 0.0694. The Morgan fingerprint density at radius 2 is 2.08 bits per heavy atom. The van der Waals surface area contributed by atoms with E-state index in [1.165, 1.54) is 5.56 Å². The summed E-state index contributed by atoms with van der Waals surface area (Å²) in [6, 6.07) is 12.1. The molecule has 2 aromatic rings. The lowest BCUT2D eigenvalue weighted by Gasteiger charge is -2.38. The molecule has 1 aliphatic rings. The molecule has 1 aliphatic heterocycles. The highest BCUT2D eigenvalue weighted by atomic mass is 16.5. The molecule has 0 spiro atoms. The number of nitrogens with one attached hydrogen (secondary N) is 2. The zero-order chi connectivity index (χ0) is 17.0. The second kappa shape index (κ2) is 6.99. The minimum Gasteiger partial charge on any atom is -0.487 e. The lowest BCUT2D eigenvalue weighted by Crippen LogP contribution is -2.45. The fourth-order valence-electron chi connectivity index (χ4n) is 2.98. The SMILES string of the molecule is CCNC(=NCc1ccco1)NC1CC(C)(C)Oc2ccccc21. The molecule has 5 heteroatoms. The van der Waals surface area contributed by atoms with Crippen LogP contribution in [0.4, 0.5) is 0 Å². The van der Waals surface area contributed by atoms with E-state index in [0.29, 0.717) is 6.54 Å². The number of guanidine groups is 1. The summed E-state index contributed by atoms with van der Waals surface area (Å²) >= 11 is 0. The molecule has 24 heavy (non-hydrogen) atoms. The van der Waals surface area contributed by atoms with Gasteiger partial charge in [0.2, 0.25) is 0 Å². The van der Waals surface area contributed by atoms with Crippen LogP contribution in [0.15, 0.2) is 52.1 Å². The number of para-hydroxylation sites is 1. The van der Waals surface area contributed by atoms with Crippen LogP contribution < -0.4 is 15.4 Å².